The molecule has 0 atom stereocenters. The Kier molecular flexibility index (Phi) is 2.18. The van der Waals surface area contributed by atoms with E-state index < -0.39 is 0 Å². The third-order valence-corrected chi connectivity index (χ3v) is 3.10. The zero-order valence-electron chi connectivity index (χ0n) is 8.81. The van der Waals surface area contributed by atoms with E-state index in [2.05, 4.69) is 10.3 Å². The highest BCUT2D eigenvalue weighted by Gasteiger charge is 2.26. The van der Waals surface area contributed by atoms with Gasteiger partial charge in [-0.15, -0.1) is 0 Å². The van der Waals surface area contributed by atoms with E-state index in [-0.39, 0.29) is 11.7 Å². The number of carbonyl (C=O) groups is 1. The molecule has 0 radical (unpaired) electrons. The summed E-state index contributed by atoms with van der Waals surface area (Å²) in [5.41, 5.74) is 0.803. The number of aromatic nitrogens is 1. The van der Waals surface area contributed by atoms with Gasteiger partial charge in [-0.25, -0.2) is 0 Å². The lowest BCUT2D eigenvalue weighted by molar-refractivity contribution is 0.0880. The van der Waals surface area contributed by atoms with Crippen LogP contribution in [0.5, 0.6) is 0 Å². The van der Waals surface area contributed by atoms with E-state index in [0.717, 1.165) is 29.4 Å². The van der Waals surface area contributed by atoms with Crippen LogP contribution in [-0.4, -0.2) is 23.9 Å². The molecule has 16 heavy (non-hydrogen) atoms. The highest BCUT2D eigenvalue weighted by atomic mass is 16.1. The summed E-state index contributed by atoms with van der Waals surface area (Å²) in [5, 5.41) is 5.16. The Bertz CT molecular complexity index is 541. The van der Waals surface area contributed by atoms with Crippen LogP contribution in [0.1, 0.15) is 10.4 Å². The maximum atomic E-state index is 12.2. The molecule has 3 rings (SSSR count). The van der Waals surface area contributed by atoms with Crippen molar-refractivity contribution in [3.63, 3.8) is 0 Å². The number of carbonyl (C=O) groups excluding carboxylic acids is 1. The lowest BCUT2D eigenvalue weighted by Gasteiger charge is -2.26. The van der Waals surface area contributed by atoms with Crippen LogP contribution < -0.4 is 5.32 Å². The molecule has 2 aromatic rings. The Labute approximate surface area is 93.5 Å². The van der Waals surface area contributed by atoms with Crippen molar-refractivity contribution in [3.05, 3.63) is 42.2 Å². The van der Waals surface area contributed by atoms with Gasteiger partial charge in [0, 0.05) is 42.4 Å². The molecule has 0 bridgehead atoms. The molecule has 0 saturated carbocycles. The largest absolute Gasteiger partial charge is 0.315 e. The average Bonchev–Trinajstić information content (AvgIpc) is 2.26. The molecule has 2 heterocycles. The minimum absolute atomic E-state index is 0.144. The first-order valence-corrected chi connectivity index (χ1v) is 5.44. The number of hydrogen-bond acceptors (Lipinski definition) is 3. The van der Waals surface area contributed by atoms with Crippen LogP contribution in [0.3, 0.4) is 0 Å². The van der Waals surface area contributed by atoms with Crippen LogP contribution >= 0.6 is 0 Å². The van der Waals surface area contributed by atoms with Crippen LogP contribution in [0.4, 0.5) is 0 Å². The Hall–Kier alpha value is -1.74. The Balaban J connectivity index is 2.12. The summed E-state index contributed by atoms with van der Waals surface area (Å²) in [4.78, 5) is 16.3. The number of ketones is 1. The third-order valence-electron chi connectivity index (χ3n) is 3.10. The lowest BCUT2D eigenvalue weighted by atomic mass is 9.90. The van der Waals surface area contributed by atoms with Gasteiger partial charge in [-0.2, -0.15) is 0 Å². The molecule has 0 aliphatic carbocycles. The number of benzene rings is 1. The van der Waals surface area contributed by atoms with Crippen LogP contribution in [0.2, 0.25) is 0 Å². The molecule has 1 aliphatic rings. The average molecular weight is 212 g/mol. The standard InChI is InChI=1S/C13H12N2O/c16-13(10-6-15-7-10)11-3-1-2-9-4-5-14-8-12(9)11/h1-5,8,10,15H,6-7H2. The van der Waals surface area contributed by atoms with Crippen molar-refractivity contribution in [2.75, 3.05) is 13.1 Å². The third kappa shape index (κ3) is 1.41. The molecule has 80 valence electrons. The van der Waals surface area contributed by atoms with Crippen molar-refractivity contribution >= 4 is 16.6 Å². The molecule has 0 spiro atoms. The summed E-state index contributed by atoms with van der Waals surface area (Å²) in [6, 6.07) is 7.77. The van der Waals surface area contributed by atoms with Crippen molar-refractivity contribution < 1.29 is 4.79 Å². The Morgan fingerprint density at radius 3 is 2.94 bits per heavy atom. The highest BCUT2D eigenvalue weighted by Crippen LogP contribution is 2.21. The van der Waals surface area contributed by atoms with Gasteiger partial charge in [0.05, 0.1) is 0 Å². The summed E-state index contributed by atoms with van der Waals surface area (Å²) < 4.78 is 0. The Morgan fingerprint density at radius 2 is 2.19 bits per heavy atom. The maximum Gasteiger partial charge on any atom is 0.169 e. The quantitative estimate of drug-likeness (QED) is 0.769. The minimum Gasteiger partial charge on any atom is -0.315 e. The molecule has 1 fully saturated rings. The minimum atomic E-state index is 0.144. The predicted molar refractivity (Wildman–Crippen MR) is 62.4 cm³/mol. The van der Waals surface area contributed by atoms with E-state index in [9.17, 15) is 4.79 Å². The second kappa shape index (κ2) is 3.68. The summed E-state index contributed by atoms with van der Waals surface area (Å²) in [7, 11) is 0. The molecule has 1 aromatic carbocycles. The van der Waals surface area contributed by atoms with Crippen molar-refractivity contribution in [1.29, 1.82) is 0 Å². The lowest BCUT2D eigenvalue weighted by Crippen LogP contribution is -2.46. The second-order valence-electron chi connectivity index (χ2n) is 4.12. The summed E-state index contributed by atoms with van der Waals surface area (Å²) in [6.07, 6.45) is 3.52. The van der Waals surface area contributed by atoms with Crippen LogP contribution in [0.25, 0.3) is 10.8 Å². The fraction of sp³-hybridized carbons (Fsp3) is 0.231. The first-order chi connectivity index (χ1) is 7.86. The van der Waals surface area contributed by atoms with Gasteiger partial charge in [0.1, 0.15) is 0 Å². The van der Waals surface area contributed by atoms with E-state index in [1.165, 1.54) is 0 Å². The first-order valence-electron chi connectivity index (χ1n) is 5.44. The molecule has 3 nitrogen and oxygen atoms in total. The number of pyridine rings is 1. The molecular weight excluding hydrogens is 200 g/mol. The van der Waals surface area contributed by atoms with Crippen molar-refractivity contribution in [3.8, 4) is 0 Å². The number of nitrogens with zero attached hydrogens (tertiary/aromatic N) is 1. The molecular formula is C13H12N2O. The fourth-order valence-corrected chi connectivity index (χ4v) is 2.02. The fourth-order valence-electron chi connectivity index (χ4n) is 2.02. The molecule has 0 unspecified atom stereocenters. The number of hydrogen-bond donors (Lipinski definition) is 1. The van der Waals surface area contributed by atoms with Gasteiger partial charge in [0.15, 0.2) is 5.78 Å². The van der Waals surface area contributed by atoms with Gasteiger partial charge in [-0.1, -0.05) is 18.2 Å². The number of Topliss-reactive ketones (excluding diaryl/α,β-unsaturated/α-hetero) is 1. The number of nitrogens with one attached hydrogen (secondary N) is 1. The predicted octanol–water partition coefficient (Wildman–Crippen LogP) is 1.64. The van der Waals surface area contributed by atoms with Crippen molar-refractivity contribution in [1.82, 2.24) is 10.3 Å². The van der Waals surface area contributed by atoms with Crippen molar-refractivity contribution in [2.24, 2.45) is 5.92 Å². The van der Waals surface area contributed by atoms with Crippen molar-refractivity contribution in [2.45, 2.75) is 0 Å². The van der Waals surface area contributed by atoms with Gasteiger partial charge in [-0.3, -0.25) is 9.78 Å². The Morgan fingerprint density at radius 1 is 1.31 bits per heavy atom. The molecule has 1 N–H and O–H groups in total. The molecule has 0 amide bonds. The van der Waals surface area contributed by atoms with Gasteiger partial charge in [0.25, 0.3) is 0 Å². The number of fused-ring (bicyclic) bond motifs is 1. The normalized spacial score (nSPS) is 16.0. The molecule has 3 heteroatoms. The second-order valence-corrected chi connectivity index (χ2v) is 4.12. The maximum absolute atomic E-state index is 12.2. The molecule has 1 saturated heterocycles. The van der Waals surface area contributed by atoms with Gasteiger partial charge >= 0.3 is 0 Å². The highest BCUT2D eigenvalue weighted by molar-refractivity contribution is 6.09. The van der Waals surface area contributed by atoms with Gasteiger partial charge < -0.3 is 5.32 Å². The van der Waals surface area contributed by atoms with Gasteiger partial charge in [-0.05, 0) is 11.5 Å². The van der Waals surface area contributed by atoms with E-state index in [4.69, 9.17) is 0 Å². The number of rotatable bonds is 2. The first kappa shape index (κ1) is 9.48. The monoisotopic (exact) mass is 212 g/mol. The van der Waals surface area contributed by atoms with E-state index in [0.29, 0.717) is 0 Å². The molecule has 1 aliphatic heterocycles. The van der Waals surface area contributed by atoms with E-state index >= 15 is 0 Å². The van der Waals surface area contributed by atoms with E-state index in [1.54, 1.807) is 12.4 Å². The summed E-state index contributed by atoms with van der Waals surface area (Å²) >= 11 is 0. The van der Waals surface area contributed by atoms with E-state index in [1.807, 2.05) is 24.3 Å². The molecule has 1 aromatic heterocycles. The summed E-state index contributed by atoms with van der Waals surface area (Å²) in [6.45, 7) is 1.60. The van der Waals surface area contributed by atoms with Gasteiger partial charge in [0.2, 0.25) is 0 Å². The zero-order chi connectivity index (χ0) is 11.0. The van der Waals surface area contributed by atoms with Crippen LogP contribution in [0.15, 0.2) is 36.7 Å². The topological polar surface area (TPSA) is 42.0 Å². The SMILES string of the molecule is O=C(c1cccc2ccncc12)C1CNC1. The summed E-state index contributed by atoms with van der Waals surface area (Å²) in [5.74, 6) is 0.378. The zero-order valence-corrected chi connectivity index (χ0v) is 8.81. The van der Waals surface area contributed by atoms with Crippen LogP contribution in [-0.2, 0) is 0 Å². The smallest absolute Gasteiger partial charge is 0.169 e. The van der Waals surface area contributed by atoms with Crippen LogP contribution in [0, 0.1) is 5.92 Å².